The summed E-state index contributed by atoms with van der Waals surface area (Å²) < 4.78 is 2.15. The second kappa shape index (κ2) is 8.59. The first kappa shape index (κ1) is 15.6. The summed E-state index contributed by atoms with van der Waals surface area (Å²) in [6, 6.07) is 2.81. The Balaban J connectivity index is 2.59. The van der Waals surface area contributed by atoms with Crippen LogP contribution >= 0.6 is 11.8 Å². The zero-order valence-electron chi connectivity index (χ0n) is 12.2. The number of thioether (sulfide) groups is 1. The summed E-state index contributed by atoms with van der Waals surface area (Å²) in [4.78, 5) is 0. The maximum atomic E-state index is 4.61. The SMILES string of the molecule is CCCSCC(Cc1cc(CC)nn1CC)NC. The molecule has 0 spiro atoms. The first-order valence-corrected chi connectivity index (χ1v) is 8.21. The molecule has 18 heavy (non-hydrogen) atoms. The third-order valence-electron chi connectivity index (χ3n) is 3.11. The Labute approximate surface area is 116 Å². The summed E-state index contributed by atoms with van der Waals surface area (Å²) in [7, 11) is 2.06. The van der Waals surface area contributed by atoms with E-state index in [9.17, 15) is 0 Å². The van der Waals surface area contributed by atoms with E-state index in [0.717, 1.165) is 19.4 Å². The molecule has 0 saturated carbocycles. The molecule has 1 atom stereocenters. The van der Waals surface area contributed by atoms with Crippen LogP contribution in [0.5, 0.6) is 0 Å². The van der Waals surface area contributed by atoms with E-state index >= 15 is 0 Å². The molecule has 0 aliphatic carbocycles. The van der Waals surface area contributed by atoms with Gasteiger partial charge < -0.3 is 5.32 Å². The predicted octanol–water partition coefficient (Wildman–Crippen LogP) is 2.74. The van der Waals surface area contributed by atoms with Gasteiger partial charge in [0.25, 0.3) is 0 Å². The molecule has 1 aromatic heterocycles. The highest BCUT2D eigenvalue weighted by atomic mass is 32.2. The molecule has 0 amide bonds. The minimum atomic E-state index is 0.549. The number of likely N-dealkylation sites (N-methyl/N-ethyl adjacent to an activating group) is 1. The maximum Gasteiger partial charge on any atom is 0.0624 e. The summed E-state index contributed by atoms with van der Waals surface area (Å²) >= 11 is 2.04. The lowest BCUT2D eigenvalue weighted by Crippen LogP contribution is -2.31. The summed E-state index contributed by atoms with van der Waals surface area (Å²) in [5.41, 5.74) is 2.58. The Morgan fingerprint density at radius 3 is 2.72 bits per heavy atom. The van der Waals surface area contributed by atoms with E-state index in [1.807, 2.05) is 11.8 Å². The normalized spacial score (nSPS) is 12.9. The highest BCUT2D eigenvalue weighted by Gasteiger charge is 2.12. The molecule has 0 aliphatic heterocycles. The third kappa shape index (κ3) is 4.65. The smallest absolute Gasteiger partial charge is 0.0624 e. The van der Waals surface area contributed by atoms with E-state index in [4.69, 9.17) is 0 Å². The van der Waals surface area contributed by atoms with Crippen LogP contribution in [0.1, 0.15) is 38.6 Å². The number of aromatic nitrogens is 2. The van der Waals surface area contributed by atoms with Crippen molar-refractivity contribution in [2.24, 2.45) is 0 Å². The van der Waals surface area contributed by atoms with Crippen molar-refractivity contribution in [3.05, 3.63) is 17.5 Å². The van der Waals surface area contributed by atoms with E-state index in [2.05, 4.69) is 49.0 Å². The van der Waals surface area contributed by atoms with Gasteiger partial charge in [0.1, 0.15) is 0 Å². The number of hydrogen-bond acceptors (Lipinski definition) is 3. The number of hydrogen-bond donors (Lipinski definition) is 1. The molecule has 0 saturated heterocycles. The van der Waals surface area contributed by atoms with Crippen LogP contribution in [0.15, 0.2) is 6.07 Å². The highest BCUT2D eigenvalue weighted by molar-refractivity contribution is 7.99. The lowest BCUT2D eigenvalue weighted by atomic mass is 10.1. The molecule has 0 radical (unpaired) electrons. The second-order valence-corrected chi connectivity index (χ2v) is 5.71. The predicted molar refractivity (Wildman–Crippen MR) is 81.4 cm³/mol. The van der Waals surface area contributed by atoms with Crippen molar-refractivity contribution in [1.82, 2.24) is 15.1 Å². The van der Waals surface area contributed by atoms with Crippen molar-refractivity contribution >= 4 is 11.8 Å². The van der Waals surface area contributed by atoms with Gasteiger partial charge in [-0.2, -0.15) is 16.9 Å². The monoisotopic (exact) mass is 269 g/mol. The fourth-order valence-electron chi connectivity index (χ4n) is 1.99. The molecule has 4 heteroatoms. The molecule has 1 rings (SSSR count). The zero-order valence-corrected chi connectivity index (χ0v) is 13.0. The van der Waals surface area contributed by atoms with E-state index in [1.54, 1.807) is 0 Å². The summed E-state index contributed by atoms with van der Waals surface area (Å²) in [5, 5.41) is 8.04. The molecule has 0 fully saturated rings. The van der Waals surface area contributed by atoms with Gasteiger partial charge in [-0.15, -0.1) is 0 Å². The van der Waals surface area contributed by atoms with Gasteiger partial charge in [-0.3, -0.25) is 4.68 Å². The molecular weight excluding hydrogens is 242 g/mol. The van der Waals surface area contributed by atoms with Gasteiger partial charge in [0.05, 0.1) is 5.69 Å². The third-order valence-corrected chi connectivity index (χ3v) is 4.44. The molecule has 0 aromatic carbocycles. The number of rotatable bonds is 9. The van der Waals surface area contributed by atoms with Crippen molar-refractivity contribution in [1.29, 1.82) is 0 Å². The lowest BCUT2D eigenvalue weighted by Gasteiger charge is -2.16. The molecule has 0 aliphatic rings. The Kier molecular flexibility index (Phi) is 7.44. The molecule has 104 valence electrons. The molecular formula is C14H27N3S. The van der Waals surface area contributed by atoms with Crippen LogP contribution in [-0.2, 0) is 19.4 Å². The fraction of sp³-hybridized carbons (Fsp3) is 0.786. The van der Waals surface area contributed by atoms with E-state index in [0.29, 0.717) is 6.04 Å². The minimum absolute atomic E-state index is 0.549. The van der Waals surface area contributed by atoms with Gasteiger partial charge in [0.15, 0.2) is 0 Å². The average molecular weight is 269 g/mol. The Bertz CT molecular complexity index is 336. The topological polar surface area (TPSA) is 29.9 Å². The average Bonchev–Trinajstić information content (AvgIpc) is 2.80. The largest absolute Gasteiger partial charge is 0.316 e. The van der Waals surface area contributed by atoms with Crippen LogP contribution in [0.2, 0.25) is 0 Å². The standard InChI is InChI=1S/C14H27N3S/c1-5-8-18-11-13(15-4)10-14-9-12(6-2)16-17(14)7-3/h9,13,15H,5-8,10-11H2,1-4H3. The number of nitrogens with one attached hydrogen (secondary N) is 1. The van der Waals surface area contributed by atoms with Gasteiger partial charge in [-0.25, -0.2) is 0 Å². The van der Waals surface area contributed by atoms with Crippen LogP contribution < -0.4 is 5.32 Å². The number of nitrogens with zero attached hydrogens (tertiary/aromatic N) is 2. The van der Waals surface area contributed by atoms with Crippen LogP contribution in [0.25, 0.3) is 0 Å². The Morgan fingerprint density at radius 1 is 1.39 bits per heavy atom. The van der Waals surface area contributed by atoms with Crippen molar-refractivity contribution in [2.75, 3.05) is 18.6 Å². The summed E-state index contributed by atoms with van der Waals surface area (Å²) in [5.74, 6) is 2.44. The van der Waals surface area contributed by atoms with Crippen LogP contribution in [-0.4, -0.2) is 34.4 Å². The fourth-order valence-corrected chi connectivity index (χ4v) is 3.02. The van der Waals surface area contributed by atoms with Gasteiger partial charge >= 0.3 is 0 Å². The van der Waals surface area contributed by atoms with Crippen molar-refractivity contribution < 1.29 is 0 Å². The lowest BCUT2D eigenvalue weighted by molar-refractivity contribution is 0.555. The van der Waals surface area contributed by atoms with E-state index in [1.165, 1.54) is 29.3 Å². The van der Waals surface area contributed by atoms with Gasteiger partial charge in [-0.05, 0) is 38.6 Å². The molecule has 3 nitrogen and oxygen atoms in total. The molecule has 1 N–H and O–H groups in total. The van der Waals surface area contributed by atoms with Crippen molar-refractivity contribution in [3.8, 4) is 0 Å². The van der Waals surface area contributed by atoms with Crippen LogP contribution in [0, 0.1) is 0 Å². The first-order chi connectivity index (χ1) is 8.74. The van der Waals surface area contributed by atoms with E-state index < -0.39 is 0 Å². The minimum Gasteiger partial charge on any atom is -0.316 e. The van der Waals surface area contributed by atoms with Gasteiger partial charge in [0.2, 0.25) is 0 Å². The quantitative estimate of drug-likeness (QED) is 0.699. The molecule has 0 bridgehead atoms. The maximum absolute atomic E-state index is 4.61. The van der Waals surface area contributed by atoms with Crippen LogP contribution in [0.3, 0.4) is 0 Å². The number of aryl methyl sites for hydroxylation is 2. The summed E-state index contributed by atoms with van der Waals surface area (Å²) in [6.45, 7) is 7.53. The van der Waals surface area contributed by atoms with Crippen molar-refractivity contribution in [3.63, 3.8) is 0 Å². The Hall–Kier alpha value is -0.480. The summed E-state index contributed by atoms with van der Waals surface area (Å²) in [6.07, 6.45) is 3.36. The second-order valence-electron chi connectivity index (χ2n) is 4.56. The molecule has 1 unspecified atom stereocenters. The Morgan fingerprint density at radius 2 is 2.17 bits per heavy atom. The zero-order chi connectivity index (χ0) is 13.4. The first-order valence-electron chi connectivity index (χ1n) is 7.05. The van der Waals surface area contributed by atoms with Crippen molar-refractivity contribution in [2.45, 2.75) is 52.6 Å². The highest BCUT2D eigenvalue weighted by Crippen LogP contribution is 2.12. The van der Waals surface area contributed by atoms with E-state index in [-0.39, 0.29) is 0 Å². The van der Waals surface area contributed by atoms with Gasteiger partial charge in [0, 0.05) is 30.5 Å². The van der Waals surface area contributed by atoms with Gasteiger partial charge in [-0.1, -0.05) is 13.8 Å². The van der Waals surface area contributed by atoms with Crippen LogP contribution in [0.4, 0.5) is 0 Å². The molecule has 1 heterocycles. The molecule has 1 aromatic rings.